The number of rotatable bonds is 20. The predicted molar refractivity (Wildman–Crippen MR) is 136 cm³/mol. The van der Waals surface area contributed by atoms with Crippen molar-refractivity contribution in [3.8, 4) is 0 Å². The van der Waals surface area contributed by atoms with E-state index in [2.05, 4.69) is 6.92 Å². The monoisotopic (exact) mass is 526 g/mol. The summed E-state index contributed by atoms with van der Waals surface area (Å²) in [5.41, 5.74) is 0. The molecule has 36 heavy (non-hydrogen) atoms. The summed E-state index contributed by atoms with van der Waals surface area (Å²) in [5.74, 6) is -0.342. The van der Waals surface area contributed by atoms with E-state index in [-0.39, 0.29) is 37.2 Å². The van der Waals surface area contributed by atoms with Crippen molar-refractivity contribution >= 4 is 18.3 Å². The van der Waals surface area contributed by atoms with Crippen molar-refractivity contribution in [3.63, 3.8) is 0 Å². The Kier molecular flexibility index (Phi) is 23.8. The number of unbranched alkanes of at least 4 members (excludes halogenated alkanes) is 5. The number of carbonyl (C=O) groups is 3. The molecule has 7 nitrogen and oxygen atoms in total. The molecule has 0 aromatic heterocycles. The average Bonchev–Trinajstić information content (AvgIpc) is 2.79. The topological polar surface area (TPSA) is 87.2 Å². The maximum absolute atomic E-state index is 12.9. The number of carbonyl (C=O) groups excluding carboxylic acids is 2. The van der Waals surface area contributed by atoms with Gasteiger partial charge < -0.3 is 19.6 Å². The number of carboxylic acid groups (broad SMARTS) is 1. The van der Waals surface area contributed by atoms with Gasteiger partial charge in [-0.25, -0.2) is 0 Å². The van der Waals surface area contributed by atoms with Crippen LogP contribution in [0, 0.1) is 0 Å². The molecule has 1 unspecified atom stereocenters. The van der Waals surface area contributed by atoms with E-state index in [4.69, 9.17) is 14.6 Å². The molecule has 0 aliphatic heterocycles. The van der Waals surface area contributed by atoms with Gasteiger partial charge in [-0.15, -0.1) is 0 Å². The van der Waals surface area contributed by atoms with Crippen LogP contribution < -0.4 is 0 Å². The fourth-order valence-electron chi connectivity index (χ4n) is 3.78. The van der Waals surface area contributed by atoms with Gasteiger partial charge in [0.15, 0.2) is 0 Å². The fraction of sp³-hybridized carbons (Fsp3) is 0.885. The van der Waals surface area contributed by atoms with E-state index < -0.39 is 12.6 Å². The number of alkyl halides is 3. The van der Waals surface area contributed by atoms with Crippen molar-refractivity contribution in [3.05, 3.63) is 0 Å². The first kappa shape index (κ1) is 36.3. The van der Waals surface area contributed by atoms with Gasteiger partial charge in [0.1, 0.15) is 0 Å². The minimum absolute atomic E-state index is 0.0345. The third-order valence-corrected chi connectivity index (χ3v) is 5.68. The molecule has 0 aliphatic carbocycles. The zero-order chi connectivity index (χ0) is 27.8. The standard InChI is InChI=1S/C25H47F3N2O3.CH2O2/c1-5-7-8-10-14-22(15-11-9-12-17-24(32)33-21-6-2)30(20-19-29(3)4)23(31)16-13-18-25(26,27)28;2-1-3/h22H,5-21H2,1-4H3;1H,(H,2,3). The lowest BCUT2D eigenvalue weighted by atomic mass is 9.98. The summed E-state index contributed by atoms with van der Waals surface area (Å²) < 4.78 is 42.8. The first-order valence-electron chi connectivity index (χ1n) is 13.3. The Bertz CT molecular complexity index is 560. The normalized spacial score (nSPS) is 12.0. The lowest BCUT2D eigenvalue weighted by Gasteiger charge is -2.33. The quantitative estimate of drug-likeness (QED) is 0.118. The van der Waals surface area contributed by atoms with Crippen molar-refractivity contribution in [1.29, 1.82) is 0 Å². The molecule has 0 saturated carbocycles. The van der Waals surface area contributed by atoms with Crippen molar-refractivity contribution in [1.82, 2.24) is 9.80 Å². The summed E-state index contributed by atoms with van der Waals surface area (Å²) in [6.45, 7) is 5.52. The van der Waals surface area contributed by atoms with Crippen molar-refractivity contribution < 1.29 is 37.4 Å². The minimum atomic E-state index is -4.23. The average molecular weight is 527 g/mol. The Morgan fingerprint density at radius 3 is 1.97 bits per heavy atom. The molecular weight excluding hydrogens is 477 g/mol. The molecule has 214 valence electrons. The van der Waals surface area contributed by atoms with Gasteiger partial charge in [0.25, 0.3) is 6.47 Å². The minimum Gasteiger partial charge on any atom is -0.483 e. The lowest BCUT2D eigenvalue weighted by molar-refractivity contribution is -0.144. The van der Waals surface area contributed by atoms with Gasteiger partial charge in [-0.2, -0.15) is 13.2 Å². The third kappa shape index (κ3) is 23.9. The molecule has 0 aromatic carbocycles. The number of likely N-dealkylation sites (N-methyl/N-ethyl adjacent to an activating group) is 1. The zero-order valence-electron chi connectivity index (χ0n) is 22.8. The Balaban J connectivity index is 0. The number of amides is 1. The van der Waals surface area contributed by atoms with E-state index in [0.717, 1.165) is 64.2 Å². The molecule has 0 saturated heterocycles. The Morgan fingerprint density at radius 2 is 1.47 bits per heavy atom. The van der Waals surface area contributed by atoms with Gasteiger partial charge in [-0.3, -0.25) is 14.4 Å². The smallest absolute Gasteiger partial charge is 0.389 e. The van der Waals surface area contributed by atoms with Crippen molar-refractivity contribution in [2.75, 3.05) is 33.8 Å². The molecule has 0 heterocycles. The van der Waals surface area contributed by atoms with Gasteiger partial charge in [-0.05, 0) is 46.2 Å². The van der Waals surface area contributed by atoms with Crippen LogP contribution in [0.25, 0.3) is 0 Å². The second kappa shape index (κ2) is 23.6. The summed E-state index contributed by atoms with van der Waals surface area (Å²) >= 11 is 0. The number of hydrogen-bond donors (Lipinski definition) is 1. The SMILES string of the molecule is CCCCCCC(CCCCCC(=O)OCCC)N(CCN(C)C)C(=O)CCCC(F)(F)F.O=CO. The van der Waals surface area contributed by atoms with Crippen molar-refractivity contribution in [2.24, 2.45) is 0 Å². The molecule has 0 aliphatic rings. The number of nitrogens with zero attached hydrogens (tertiary/aromatic N) is 2. The maximum Gasteiger partial charge on any atom is 0.389 e. The summed E-state index contributed by atoms with van der Waals surface area (Å²) in [6, 6.07) is 0.0345. The van der Waals surface area contributed by atoms with E-state index in [1.165, 1.54) is 0 Å². The maximum atomic E-state index is 12.9. The first-order valence-corrected chi connectivity index (χ1v) is 13.3. The first-order chi connectivity index (χ1) is 17.0. The summed E-state index contributed by atoms with van der Waals surface area (Å²) in [7, 11) is 3.86. The molecule has 1 amide bonds. The Labute approximate surface area is 215 Å². The summed E-state index contributed by atoms with van der Waals surface area (Å²) in [4.78, 5) is 36.8. The van der Waals surface area contributed by atoms with Crippen molar-refractivity contribution in [2.45, 2.75) is 116 Å². The van der Waals surface area contributed by atoms with Crippen LogP contribution in [0.2, 0.25) is 0 Å². The van der Waals surface area contributed by atoms with Crippen LogP contribution in [0.4, 0.5) is 13.2 Å². The molecule has 0 radical (unpaired) electrons. The second-order valence-corrected chi connectivity index (χ2v) is 9.29. The number of halogens is 3. The molecular formula is C26H49F3N2O5. The largest absolute Gasteiger partial charge is 0.483 e. The number of hydrogen-bond acceptors (Lipinski definition) is 5. The molecule has 0 fully saturated rings. The molecule has 0 aromatic rings. The van der Waals surface area contributed by atoms with Crippen LogP contribution in [0.3, 0.4) is 0 Å². The van der Waals surface area contributed by atoms with Crippen LogP contribution in [0.5, 0.6) is 0 Å². The van der Waals surface area contributed by atoms with Gasteiger partial charge in [0, 0.05) is 38.4 Å². The van der Waals surface area contributed by atoms with Gasteiger partial charge in [-0.1, -0.05) is 52.4 Å². The van der Waals surface area contributed by atoms with E-state index in [1.54, 1.807) is 0 Å². The zero-order valence-corrected chi connectivity index (χ0v) is 22.8. The van der Waals surface area contributed by atoms with Gasteiger partial charge >= 0.3 is 12.1 Å². The van der Waals surface area contributed by atoms with Gasteiger partial charge in [0.05, 0.1) is 6.61 Å². The predicted octanol–water partition coefficient (Wildman–Crippen LogP) is 6.05. The van der Waals surface area contributed by atoms with Crippen LogP contribution in [-0.4, -0.2) is 79.3 Å². The highest BCUT2D eigenvalue weighted by Crippen LogP contribution is 2.24. The molecule has 10 heteroatoms. The molecule has 1 atom stereocenters. The van der Waals surface area contributed by atoms with Crippen LogP contribution in [0.15, 0.2) is 0 Å². The highest BCUT2D eigenvalue weighted by atomic mass is 19.4. The van der Waals surface area contributed by atoms with E-state index in [9.17, 15) is 22.8 Å². The molecule has 0 spiro atoms. The highest BCUT2D eigenvalue weighted by Gasteiger charge is 2.28. The van der Waals surface area contributed by atoms with Crippen LogP contribution >= 0.6 is 0 Å². The molecule has 1 N–H and O–H groups in total. The van der Waals surface area contributed by atoms with E-state index in [1.807, 2.05) is 30.8 Å². The van der Waals surface area contributed by atoms with Gasteiger partial charge in [0.2, 0.25) is 5.91 Å². The van der Waals surface area contributed by atoms with Crippen LogP contribution in [-0.2, 0) is 19.1 Å². The number of esters is 1. The summed E-state index contributed by atoms with van der Waals surface area (Å²) in [5, 5.41) is 6.89. The Morgan fingerprint density at radius 1 is 0.889 bits per heavy atom. The Hall–Kier alpha value is -1.84. The molecule has 0 rings (SSSR count). The summed E-state index contributed by atoms with van der Waals surface area (Å²) in [6.07, 6.45) is 4.40. The molecule has 0 bridgehead atoms. The van der Waals surface area contributed by atoms with Crippen LogP contribution in [0.1, 0.15) is 104 Å². The number of ether oxygens (including phenoxy) is 1. The highest BCUT2D eigenvalue weighted by molar-refractivity contribution is 5.76. The third-order valence-electron chi connectivity index (χ3n) is 5.68. The fourth-order valence-corrected chi connectivity index (χ4v) is 3.78. The second-order valence-electron chi connectivity index (χ2n) is 9.29. The van der Waals surface area contributed by atoms with E-state index in [0.29, 0.717) is 26.1 Å². The lowest BCUT2D eigenvalue weighted by Crippen LogP contribution is -2.44. The van der Waals surface area contributed by atoms with E-state index >= 15 is 0 Å².